The van der Waals surface area contributed by atoms with Crippen LogP contribution in [0.1, 0.15) is 62.5 Å². The summed E-state index contributed by atoms with van der Waals surface area (Å²) in [6.07, 6.45) is 6.20. The Balaban J connectivity index is 0.000000247. The van der Waals surface area contributed by atoms with E-state index in [2.05, 4.69) is 24.3 Å². The van der Waals surface area contributed by atoms with Crippen LogP contribution < -0.4 is 0 Å². The number of aliphatic hydroxyl groups excluding tert-OH is 1. The maximum absolute atomic E-state index is 11.4. The Morgan fingerprint density at radius 1 is 1.00 bits per heavy atom. The Labute approximate surface area is 208 Å². The highest BCUT2D eigenvalue weighted by atomic mass is 16.5. The monoisotopic (exact) mass is 482 g/mol. The van der Waals surface area contributed by atoms with Gasteiger partial charge in [0.2, 0.25) is 0 Å². The SMILES string of the molecule is CCOC(=O)/C=C/CC(CO)c1ccccc1.CCOC(=O)CC1CCC(c2ccccc2)CO1. The molecule has 0 radical (unpaired) electrons. The van der Waals surface area contributed by atoms with E-state index in [0.717, 1.165) is 18.4 Å². The van der Waals surface area contributed by atoms with Crippen LogP contribution in [0.5, 0.6) is 0 Å². The van der Waals surface area contributed by atoms with E-state index in [4.69, 9.17) is 14.2 Å². The van der Waals surface area contributed by atoms with Crippen molar-refractivity contribution in [1.29, 1.82) is 0 Å². The van der Waals surface area contributed by atoms with Gasteiger partial charge in [0.25, 0.3) is 0 Å². The minimum absolute atomic E-state index is 0.0295. The predicted molar refractivity (Wildman–Crippen MR) is 136 cm³/mol. The summed E-state index contributed by atoms with van der Waals surface area (Å²) < 4.78 is 15.5. The van der Waals surface area contributed by atoms with Gasteiger partial charge in [-0.2, -0.15) is 0 Å². The smallest absolute Gasteiger partial charge is 0.330 e. The van der Waals surface area contributed by atoms with Crippen LogP contribution in [0.3, 0.4) is 0 Å². The number of rotatable bonds is 10. The van der Waals surface area contributed by atoms with Gasteiger partial charge in [-0.3, -0.25) is 4.79 Å². The molecule has 1 fully saturated rings. The third kappa shape index (κ3) is 10.9. The summed E-state index contributed by atoms with van der Waals surface area (Å²) in [6, 6.07) is 20.2. The zero-order chi connectivity index (χ0) is 25.3. The van der Waals surface area contributed by atoms with E-state index in [-0.39, 0.29) is 30.6 Å². The second-order valence-corrected chi connectivity index (χ2v) is 8.33. The maximum Gasteiger partial charge on any atom is 0.330 e. The maximum atomic E-state index is 11.4. The van der Waals surface area contributed by atoms with E-state index in [0.29, 0.717) is 38.6 Å². The van der Waals surface area contributed by atoms with Crippen molar-refractivity contribution in [2.45, 2.75) is 57.5 Å². The Bertz CT molecular complexity index is 873. The fourth-order valence-electron chi connectivity index (χ4n) is 3.92. The molecule has 1 aliphatic heterocycles. The lowest BCUT2D eigenvalue weighted by molar-refractivity contribution is -0.147. The second kappa shape index (κ2) is 16.6. The van der Waals surface area contributed by atoms with Crippen molar-refractivity contribution >= 4 is 11.9 Å². The summed E-state index contributed by atoms with van der Waals surface area (Å²) in [6.45, 7) is 5.19. The fraction of sp³-hybridized carbons (Fsp3) is 0.448. The number of hydrogen-bond donors (Lipinski definition) is 1. The van der Waals surface area contributed by atoms with Gasteiger partial charge >= 0.3 is 11.9 Å². The van der Waals surface area contributed by atoms with Gasteiger partial charge < -0.3 is 19.3 Å². The largest absolute Gasteiger partial charge is 0.466 e. The summed E-state index contributed by atoms with van der Waals surface area (Å²) in [5, 5.41) is 9.30. The highest BCUT2D eigenvalue weighted by Crippen LogP contribution is 2.29. The van der Waals surface area contributed by atoms with E-state index in [9.17, 15) is 14.7 Å². The van der Waals surface area contributed by atoms with Crippen molar-refractivity contribution in [2.24, 2.45) is 0 Å². The third-order valence-corrected chi connectivity index (χ3v) is 5.79. The summed E-state index contributed by atoms with van der Waals surface area (Å²) in [7, 11) is 0. The predicted octanol–water partition coefficient (Wildman–Crippen LogP) is 5.17. The van der Waals surface area contributed by atoms with Gasteiger partial charge in [-0.25, -0.2) is 4.79 Å². The summed E-state index contributed by atoms with van der Waals surface area (Å²) in [5.41, 5.74) is 2.40. The van der Waals surface area contributed by atoms with Crippen molar-refractivity contribution in [3.05, 3.63) is 83.9 Å². The molecule has 6 nitrogen and oxygen atoms in total. The van der Waals surface area contributed by atoms with E-state index >= 15 is 0 Å². The standard InChI is InChI=1S/C15H20O3.C14H18O3/c1-2-17-15(16)10-14-9-8-13(11-18-14)12-6-4-3-5-7-12;1-2-17-14(16)10-6-9-13(11-15)12-7-4-3-5-8-12/h3-7,13-14H,2,8-11H2,1H3;3-8,10,13,15H,2,9,11H2,1H3/b;10-6+. The molecule has 0 aromatic heterocycles. The first kappa shape index (κ1) is 28.3. The van der Waals surface area contributed by atoms with Crippen LogP contribution >= 0.6 is 0 Å². The molecule has 35 heavy (non-hydrogen) atoms. The Kier molecular flexibility index (Phi) is 13.4. The molecule has 0 amide bonds. The number of carbonyl (C=O) groups is 2. The quantitative estimate of drug-likeness (QED) is 0.371. The molecule has 190 valence electrons. The molecule has 3 unspecified atom stereocenters. The summed E-state index contributed by atoms with van der Waals surface area (Å²) in [4.78, 5) is 22.4. The molecule has 0 aliphatic carbocycles. The van der Waals surface area contributed by atoms with Crippen molar-refractivity contribution < 1.29 is 28.9 Å². The molecule has 6 heteroatoms. The molecule has 2 aromatic carbocycles. The number of hydrogen-bond acceptors (Lipinski definition) is 6. The van der Waals surface area contributed by atoms with Gasteiger partial charge in [0.05, 0.1) is 39.0 Å². The number of carbonyl (C=O) groups excluding carboxylic acids is 2. The van der Waals surface area contributed by atoms with Crippen LogP contribution in [0.2, 0.25) is 0 Å². The number of esters is 2. The molecule has 2 aromatic rings. The minimum atomic E-state index is -0.336. The molecule has 0 spiro atoms. The molecule has 1 saturated heterocycles. The molecule has 3 rings (SSSR count). The van der Waals surface area contributed by atoms with Crippen molar-refractivity contribution in [2.75, 3.05) is 26.4 Å². The Hall–Kier alpha value is -2.96. The van der Waals surface area contributed by atoms with Crippen LogP contribution in [-0.2, 0) is 23.8 Å². The van der Waals surface area contributed by atoms with Gasteiger partial charge in [-0.1, -0.05) is 66.7 Å². The molecular weight excluding hydrogens is 444 g/mol. The average Bonchev–Trinajstić information content (AvgIpc) is 2.89. The van der Waals surface area contributed by atoms with Gasteiger partial charge in [0.1, 0.15) is 0 Å². The van der Waals surface area contributed by atoms with E-state index in [1.165, 1.54) is 11.6 Å². The lowest BCUT2D eigenvalue weighted by atomic mass is 9.91. The van der Waals surface area contributed by atoms with Crippen LogP contribution in [0.25, 0.3) is 0 Å². The van der Waals surface area contributed by atoms with Crippen LogP contribution in [0.4, 0.5) is 0 Å². The van der Waals surface area contributed by atoms with E-state index in [1.54, 1.807) is 13.0 Å². The number of aliphatic hydroxyl groups is 1. The molecule has 1 N–H and O–H groups in total. The number of ether oxygens (including phenoxy) is 3. The minimum Gasteiger partial charge on any atom is -0.466 e. The topological polar surface area (TPSA) is 82.1 Å². The first-order valence-corrected chi connectivity index (χ1v) is 12.4. The van der Waals surface area contributed by atoms with Crippen LogP contribution in [-0.4, -0.2) is 49.6 Å². The van der Waals surface area contributed by atoms with Gasteiger partial charge in [0, 0.05) is 17.9 Å². The molecule has 1 heterocycles. The van der Waals surface area contributed by atoms with Gasteiger partial charge in [0.15, 0.2) is 0 Å². The lowest BCUT2D eigenvalue weighted by Gasteiger charge is -2.28. The zero-order valence-corrected chi connectivity index (χ0v) is 20.8. The molecule has 0 bridgehead atoms. The second-order valence-electron chi connectivity index (χ2n) is 8.33. The normalized spacial score (nSPS) is 18.3. The summed E-state index contributed by atoms with van der Waals surface area (Å²) >= 11 is 0. The first-order chi connectivity index (χ1) is 17.1. The van der Waals surface area contributed by atoms with Gasteiger partial charge in [-0.15, -0.1) is 0 Å². The number of benzene rings is 2. The summed E-state index contributed by atoms with van der Waals surface area (Å²) in [5.74, 6) is 0.00411. The third-order valence-electron chi connectivity index (χ3n) is 5.79. The molecule has 0 saturated carbocycles. The van der Waals surface area contributed by atoms with Crippen LogP contribution in [0.15, 0.2) is 72.8 Å². The van der Waals surface area contributed by atoms with E-state index < -0.39 is 0 Å². The highest BCUT2D eigenvalue weighted by Gasteiger charge is 2.24. The zero-order valence-electron chi connectivity index (χ0n) is 20.8. The fourth-order valence-corrected chi connectivity index (χ4v) is 3.92. The van der Waals surface area contributed by atoms with Crippen LogP contribution in [0, 0.1) is 0 Å². The van der Waals surface area contributed by atoms with Crippen molar-refractivity contribution in [1.82, 2.24) is 0 Å². The first-order valence-electron chi connectivity index (χ1n) is 12.4. The van der Waals surface area contributed by atoms with E-state index in [1.807, 2.05) is 43.3 Å². The Morgan fingerprint density at radius 2 is 1.66 bits per heavy atom. The number of allylic oxidation sites excluding steroid dienone is 1. The highest BCUT2D eigenvalue weighted by molar-refractivity contribution is 5.81. The van der Waals surface area contributed by atoms with Crippen molar-refractivity contribution in [3.63, 3.8) is 0 Å². The van der Waals surface area contributed by atoms with Crippen molar-refractivity contribution in [3.8, 4) is 0 Å². The lowest BCUT2D eigenvalue weighted by Crippen LogP contribution is -2.27. The Morgan fingerprint density at radius 3 is 2.23 bits per heavy atom. The molecular formula is C29H38O6. The molecule has 1 aliphatic rings. The molecule has 3 atom stereocenters. The average molecular weight is 483 g/mol. The van der Waals surface area contributed by atoms with Gasteiger partial charge in [-0.05, 0) is 44.2 Å².